The molecule has 2 aliphatic rings. The van der Waals surface area contributed by atoms with E-state index in [1.165, 1.54) is 45.2 Å². The quantitative estimate of drug-likeness (QED) is 0.700. The maximum Gasteiger partial charge on any atom is 0.0105 e. The minimum atomic E-state index is 0.831. The molecule has 0 aromatic rings. The van der Waals surface area contributed by atoms with Crippen LogP contribution in [0, 0.1) is 11.8 Å². The Balaban J connectivity index is 1.84. The minimum absolute atomic E-state index is 0.831. The zero-order valence-electron chi connectivity index (χ0n) is 8.54. The van der Waals surface area contributed by atoms with E-state index in [2.05, 4.69) is 4.90 Å². The summed E-state index contributed by atoms with van der Waals surface area (Å²) >= 11 is 0. The molecule has 0 aromatic carbocycles. The van der Waals surface area contributed by atoms with E-state index in [0.717, 1.165) is 24.9 Å². The lowest BCUT2D eigenvalue weighted by molar-refractivity contribution is 0.0891. The lowest BCUT2D eigenvalue weighted by atomic mass is 9.75. The smallest absolute Gasteiger partial charge is 0.0105 e. The third kappa shape index (κ3) is 2.23. The number of nitrogens with zero attached hydrogens (tertiary/aromatic N) is 1. The maximum absolute atomic E-state index is 5.59. The van der Waals surface area contributed by atoms with E-state index in [-0.39, 0.29) is 0 Å². The van der Waals surface area contributed by atoms with Crippen LogP contribution < -0.4 is 5.73 Å². The number of rotatable bonds is 2. The summed E-state index contributed by atoms with van der Waals surface area (Å²) in [6.07, 6.45) is 7.37. The average molecular weight is 182 g/mol. The van der Waals surface area contributed by atoms with Crippen molar-refractivity contribution in [2.24, 2.45) is 17.6 Å². The van der Waals surface area contributed by atoms with Crippen LogP contribution >= 0.6 is 0 Å². The van der Waals surface area contributed by atoms with Gasteiger partial charge in [0.25, 0.3) is 0 Å². The van der Waals surface area contributed by atoms with Gasteiger partial charge in [-0.1, -0.05) is 19.3 Å². The number of piperidine rings is 1. The first-order valence-corrected chi connectivity index (χ1v) is 5.82. The van der Waals surface area contributed by atoms with Gasteiger partial charge in [-0.2, -0.15) is 0 Å². The number of hydrogen-bond donors (Lipinski definition) is 1. The first kappa shape index (κ1) is 9.47. The largest absolute Gasteiger partial charge is 0.329 e. The normalized spacial score (nSPS) is 35.8. The second-order valence-corrected chi connectivity index (χ2v) is 4.68. The summed E-state index contributed by atoms with van der Waals surface area (Å²) in [4.78, 5) is 2.56. The number of nitrogens with two attached hydrogens (primary N) is 1. The van der Waals surface area contributed by atoms with E-state index in [1.54, 1.807) is 0 Å². The molecular formula is C11H22N2. The van der Waals surface area contributed by atoms with Gasteiger partial charge in [0.2, 0.25) is 0 Å². The standard InChI is InChI=1S/C11H22N2/c12-6-8-13-7-5-10-3-1-2-4-11(10)9-13/h10-11H,1-9,12H2/t10-,11+/m1/s1. The Kier molecular flexibility index (Phi) is 3.23. The third-order valence-corrected chi connectivity index (χ3v) is 3.82. The molecule has 2 nitrogen and oxygen atoms in total. The van der Waals surface area contributed by atoms with Crippen LogP contribution in [0.2, 0.25) is 0 Å². The molecule has 0 spiro atoms. The van der Waals surface area contributed by atoms with Crippen molar-refractivity contribution in [2.45, 2.75) is 32.1 Å². The lowest BCUT2D eigenvalue weighted by Crippen LogP contribution is -2.43. The Hall–Kier alpha value is -0.0800. The van der Waals surface area contributed by atoms with Gasteiger partial charge in [-0.15, -0.1) is 0 Å². The van der Waals surface area contributed by atoms with Gasteiger partial charge in [0.15, 0.2) is 0 Å². The highest BCUT2D eigenvalue weighted by atomic mass is 15.1. The highest BCUT2D eigenvalue weighted by Crippen LogP contribution is 2.35. The van der Waals surface area contributed by atoms with Gasteiger partial charge in [0.05, 0.1) is 0 Å². The van der Waals surface area contributed by atoms with Crippen LogP contribution in [0.15, 0.2) is 0 Å². The molecule has 13 heavy (non-hydrogen) atoms. The van der Waals surface area contributed by atoms with Gasteiger partial charge < -0.3 is 10.6 Å². The fourth-order valence-electron chi connectivity index (χ4n) is 3.06. The second-order valence-electron chi connectivity index (χ2n) is 4.68. The topological polar surface area (TPSA) is 29.3 Å². The van der Waals surface area contributed by atoms with Crippen molar-refractivity contribution in [2.75, 3.05) is 26.2 Å². The minimum Gasteiger partial charge on any atom is -0.329 e. The Bertz CT molecular complexity index is 158. The van der Waals surface area contributed by atoms with Crippen molar-refractivity contribution in [3.63, 3.8) is 0 Å². The molecule has 0 unspecified atom stereocenters. The van der Waals surface area contributed by atoms with Gasteiger partial charge >= 0.3 is 0 Å². The Morgan fingerprint density at radius 1 is 1.08 bits per heavy atom. The van der Waals surface area contributed by atoms with Gasteiger partial charge in [0.1, 0.15) is 0 Å². The van der Waals surface area contributed by atoms with Gasteiger partial charge in [0, 0.05) is 19.6 Å². The van der Waals surface area contributed by atoms with E-state index in [9.17, 15) is 0 Å². The SMILES string of the molecule is NCCN1CC[C@H]2CCCC[C@H]2C1. The molecule has 1 saturated carbocycles. The van der Waals surface area contributed by atoms with Gasteiger partial charge in [-0.05, 0) is 31.2 Å². The Labute approximate surface area is 81.5 Å². The molecule has 0 amide bonds. The molecule has 0 aromatic heterocycles. The number of likely N-dealkylation sites (tertiary alicyclic amines) is 1. The van der Waals surface area contributed by atoms with Crippen molar-refractivity contribution in [1.82, 2.24) is 4.90 Å². The van der Waals surface area contributed by atoms with Crippen molar-refractivity contribution >= 4 is 0 Å². The average Bonchev–Trinajstić information content (AvgIpc) is 2.18. The Morgan fingerprint density at radius 2 is 1.85 bits per heavy atom. The zero-order chi connectivity index (χ0) is 9.10. The Morgan fingerprint density at radius 3 is 2.62 bits per heavy atom. The maximum atomic E-state index is 5.59. The summed E-state index contributed by atoms with van der Waals surface area (Å²) < 4.78 is 0. The molecule has 1 saturated heterocycles. The lowest BCUT2D eigenvalue weighted by Gasteiger charge is -2.41. The summed E-state index contributed by atoms with van der Waals surface area (Å²) in [5.41, 5.74) is 5.59. The van der Waals surface area contributed by atoms with Crippen LogP contribution in [0.5, 0.6) is 0 Å². The highest BCUT2D eigenvalue weighted by Gasteiger charge is 2.30. The van der Waals surface area contributed by atoms with E-state index in [4.69, 9.17) is 5.73 Å². The summed E-state index contributed by atoms with van der Waals surface area (Å²) in [6.45, 7) is 4.58. The predicted octanol–water partition coefficient (Wildman–Crippen LogP) is 1.46. The molecule has 2 rings (SSSR count). The molecule has 1 aliphatic carbocycles. The molecule has 2 N–H and O–H groups in total. The third-order valence-electron chi connectivity index (χ3n) is 3.82. The fraction of sp³-hybridized carbons (Fsp3) is 1.00. The predicted molar refractivity (Wildman–Crippen MR) is 55.6 cm³/mol. The van der Waals surface area contributed by atoms with Gasteiger partial charge in [-0.3, -0.25) is 0 Å². The zero-order valence-corrected chi connectivity index (χ0v) is 8.54. The summed E-state index contributed by atoms with van der Waals surface area (Å²) in [6, 6.07) is 0. The molecule has 1 aliphatic heterocycles. The van der Waals surface area contributed by atoms with Crippen molar-refractivity contribution < 1.29 is 0 Å². The van der Waals surface area contributed by atoms with Crippen LogP contribution in [0.1, 0.15) is 32.1 Å². The van der Waals surface area contributed by atoms with Crippen LogP contribution in [-0.4, -0.2) is 31.1 Å². The van der Waals surface area contributed by atoms with Crippen molar-refractivity contribution in [3.8, 4) is 0 Å². The molecule has 2 fully saturated rings. The molecular weight excluding hydrogens is 160 g/mol. The van der Waals surface area contributed by atoms with Crippen LogP contribution in [0.4, 0.5) is 0 Å². The fourth-order valence-corrected chi connectivity index (χ4v) is 3.06. The molecule has 0 bridgehead atoms. The van der Waals surface area contributed by atoms with Crippen LogP contribution in [-0.2, 0) is 0 Å². The number of fused-ring (bicyclic) bond motifs is 1. The first-order valence-electron chi connectivity index (χ1n) is 5.82. The van der Waals surface area contributed by atoms with Crippen LogP contribution in [0.25, 0.3) is 0 Å². The summed E-state index contributed by atoms with van der Waals surface area (Å²) in [5, 5.41) is 0. The molecule has 1 heterocycles. The summed E-state index contributed by atoms with van der Waals surface area (Å²) in [5.74, 6) is 2.07. The van der Waals surface area contributed by atoms with Gasteiger partial charge in [-0.25, -0.2) is 0 Å². The van der Waals surface area contributed by atoms with E-state index < -0.39 is 0 Å². The highest BCUT2D eigenvalue weighted by molar-refractivity contribution is 4.83. The molecule has 2 heteroatoms. The monoisotopic (exact) mass is 182 g/mol. The van der Waals surface area contributed by atoms with E-state index >= 15 is 0 Å². The van der Waals surface area contributed by atoms with Crippen LogP contribution in [0.3, 0.4) is 0 Å². The van der Waals surface area contributed by atoms with E-state index in [1.807, 2.05) is 0 Å². The first-order chi connectivity index (χ1) is 6.40. The second kappa shape index (κ2) is 4.43. The van der Waals surface area contributed by atoms with Crippen molar-refractivity contribution in [3.05, 3.63) is 0 Å². The van der Waals surface area contributed by atoms with E-state index in [0.29, 0.717) is 0 Å². The molecule has 76 valence electrons. The molecule has 0 radical (unpaired) electrons. The molecule has 2 atom stereocenters. The van der Waals surface area contributed by atoms with Crippen molar-refractivity contribution in [1.29, 1.82) is 0 Å². The summed E-state index contributed by atoms with van der Waals surface area (Å²) in [7, 11) is 0. The number of hydrogen-bond acceptors (Lipinski definition) is 2.